The van der Waals surface area contributed by atoms with Gasteiger partial charge in [0.1, 0.15) is 0 Å². The van der Waals surface area contributed by atoms with E-state index in [1.54, 1.807) is 13.0 Å². The van der Waals surface area contributed by atoms with Gasteiger partial charge in [0.15, 0.2) is 11.2 Å². The zero-order valence-corrected chi connectivity index (χ0v) is 14.2. The summed E-state index contributed by atoms with van der Waals surface area (Å²) in [5.41, 5.74) is -0.854. The first-order valence-electron chi connectivity index (χ1n) is 7.83. The van der Waals surface area contributed by atoms with Crippen LogP contribution in [-0.2, 0) is 18.3 Å². The van der Waals surface area contributed by atoms with E-state index in [9.17, 15) is 19.8 Å². The molecule has 0 fully saturated rings. The zero-order chi connectivity index (χ0) is 18.6. The SMILES string of the molecule is C=CCOC[C@H](O)Cn1c(NC[C@@H](C)O)nc2c1c(=O)[nH]c(=O)n2C. The number of ether oxygens (including phenoxy) is 1. The predicted octanol–water partition coefficient (Wildman–Crippen LogP) is -1.22. The van der Waals surface area contributed by atoms with E-state index in [4.69, 9.17) is 4.74 Å². The van der Waals surface area contributed by atoms with Gasteiger partial charge in [-0.2, -0.15) is 4.98 Å². The number of aliphatic hydroxyl groups is 2. The van der Waals surface area contributed by atoms with Crippen LogP contribution in [-0.4, -0.2) is 61.3 Å². The van der Waals surface area contributed by atoms with Crippen molar-refractivity contribution in [2.75, 3.05) is 25.1 Å². The Labute approximate surface area is 143 Å². The third-order valence-electron chi connectivity index (χ3n) is 3.50. The van der Waals surface area contributed by atoms with Gasteiger partial charge in [-0.05, 0) is 6.92 Å². The van der Waals surface area contributed by atoms with Crippen molar-refractivity contribution in [3.05, 3.63) is 33.5 Å². The highest BCUT2D eigenvalue weighted by atomic mass is 16.5. The van der Waals surface area contributed by atoms with Crippen LogP contribution in [0.2, 0.25) is 0 Å². The van der Waals surface area contributed by atoms with E-state index in [0.717, 1.165) is 0 Å². The molecule has 2 heterocycles. The number of H-pyrrole nitrogens is 1. The Hall–Kier alpha value is -2.43. The summed E-state index contributed by atoms with van der Waals surface area (Å²) in [5.74, 6) is 0.269. The van der Waals surface area contributed by atoms with E-state index in [1.807, 2.05) is 0 Å². The molecule has 10 heteroatoms. The summed E-state index contributed by atoms with van der Waals surface area (Å²) in [5, 5.41) is 22.5. The predicted molar refractivity (Wildman–Crippen MR) is 92.8 cm³/mol. The van der Waals surface area contributed by atoms with Gasteiger partial charge in [0, 0.05) is 13.6 Å². The summed E-state index contributed by atoms with van der Waals surface area (Å²) in [4.78, 5) is 30.5. The summed E-state index contributed by atoms with van der Waals surface area (Å²) >= 11 is 0. The van der Waals surface area contributed by atoms with Crippen LogP contribution in [0.4, 0.5) is 5.95 Å². The highest BCUT2D eigenvalue weighted by Gasteiger charge is 2.19. The van der Waals surface area contributed by atoms with E-state index in [2.05, 4.69) is 21.9 Å². The quantitative estimate of drug-likeness (QED) is 0.328. The third kappa shape index (κ3) is 4.35. The molecule has 2 aromatic heterocycles. The molecular formula is C15H23N5O5. The van der Waals surface area contributed by atoms with Crippen molar-refractivity contribution < 1.29 is 14.9 Å². The number of hydrogen-bond acceptors (Lipinski definition) is 7. The molecule has 0 amide bonds. The molecule has 10 nitrogen and oxygen atoms in total. The molecule has 0 saturated carbocycles. The van der Waals surface area contributed by atoms with Gasteiger partial charge < -0.3 is 24.8 Å². The van der Waals surface area contributed by atoms with Crippen LogP contribution < -0.4 is 16.6 Å². The van der Waals surface area contributed by atoms with Crippen molar-refractivity contribution in [2.24, 2.45) is 7.05 Å². The fraction of sp³-hybridized carbons (Fsp3) is 0.533. The Kier molecular flexibility index (Phi) is 6.12. The molecular weight excluding hydrogens is 330 g/mol. The van der Waals surface area contributed by atoms with Gasteiger partial charge in [-0.3, -0.25) is 14.3 Å². The minimum atomic E-state index is -0.902. The minimum Gasteiger partial charge on any atom is -0.392 e. The first kappa shape index (κ1) is 18.9. The number of fused-ring (bicyclic) bond motifs is 1. The first-order chi connectivity index (χ1) is 11.8. The third-order valence-corrected chi connectivity index (χ3v) is 3.50. The average molecular weight is 353 g/mol. The number of aryl methyl sites for hydroxylation is 1. The molecule has 0 unspecified atom stereocenters. The molecule has 0 saturated heterocycles. The summed E-state index contributed by atoms with van der Waals surface area (Å²) in [6.45, 7) is 5.68. The van der Waals surface area contributed by atoms with E-state index >= 15 is 0 Å². The van der Waals surface area contributed by atoms with Crippen molar-refractivity contribution in [3.63, 3.8) is 0 Å². The maximum atomic E-state index is 12.2. The lowest BCUT2D eigenvalue weighted by Gasteiger charge is -2.15. The van der Waals surface area contributed by atoms with Gasteiger partial charge >= 0.3 is 5.69 Å². The lowest BCUT2D eigenvalue weighted by atomic mass is 10.3. The molecule has 4 N–H and O–H groups in total. The second-order valence-corrected chi connectivity index (χ2v) is 5.75. The van der Waals surface area contributed by atoms with E-state index in [1.165, 1.54) is 16.2 Å². The lowest BCUT2D eigenvalue weighted by molar-refractivity contribution is 0.0405. The van der Waals surface area contributed by atoms with Crippen LogP contribution in [0.3, 0.4) is 0 Å². The molecule has 2 aromatic rings. The molecule has 0 aliphatic heterocycles. The van der Waals surface area contributed by atoms with Gasteiger partial charge in [-0.25, -0.2) is 4.79 Å². The Morgan fingerprint density at radius 2 is 2.16 bits per heavy atom. The van der Waals surface area contributed by atoms with Gasteiger partial charge in [-0.1, -0.05) is 6.08 Å². The highest BCUT2D eigenvalue weighted by Crippen LogP contribution is 2.16. The van der Waals surface area contributed by atoms with E-state index in [0.29, 0.717) is 6.61 Å². The molecule has 0 aliphatic carbocycles. The van der Waals surface area contributed by atoms with Crippen molar-refractivity contribution in [1.82, 2.24) is 19.1 Å². The molecule has 0 bridgehead atoms. The summed E-state index contributed by atoms with van der Waals surface area (Å²) < 4.78 is 7.89. The number of aromatic nitrogens is 4. The minimum absolute atomic E-state index is 0.0249. The molecule has 25 heavy (non-hydrogen) atoms. The number of anilines is 1. The maximum Gasteiger partial charge on any atom is 0.329 e. The van der Waals surface area contributed by atoms with Crippen LogP contribution in [0.1, 0.15) is 6.92 Å². The molecule has 2 atom stereocenters. The van der Waals surface area contributed by atoms with Gasteiger partial charge in [0.2, 0.25) is 5.95 Å². The molecule has 138 valence electrons. The number of nitrogens with one attached hydrogen (secondary N) is 2. The number of imidazole rings is 1. The number of hydrogen-bond donors (Lipinski definition) is 4. The fourth-order valence-corrected chi connectivity index (χ4v) is 2.34. The largest absolute Gasteiger partial charge is 0.392 e. The van der Waals surface area contributed by atoms with Crippen LogP contribution in [0.5, 0.6) is 0 Å². The summed E-state index contributed by atoms with van der Waals surface area (Å²) in [6.07, 6.45) is 0.0208. The van der Waals surface area contributed by atoms with Gasteiger partial charge in [0.05, 0.1) is 32.0 Å². The van der Waals surface area contributed by atoms with Crippen LogP contribution in [0.15, 0.2) is 22.2 Å². The monoisotopic (exact) mass is 353 g/mol. The average Bonchev–Trinajstić information content (AvgIpc) is 2.90. The number of rotatable bonds is 9. The van der Waals surface area contributed by atoms with Crippen molar-refractivity contribution >= 4 is 17.1 Å². The standard InChI is InChI=1S/C15H23N5O5/c1-4-5-25-8-10(22)7-20-11-12(17-14(20)16-6-9(2)21)19(3)15(24)18-13(11)23/h4,9-10,21-22H,1,5-8H2,2-3H3,(H,16,17)(H,18,23,24)/t9-,10-/m1/s1. The molecule has 0 spiro atoms. The maximum absolute atomic E-state index is 12.2. The Morgan fingerprint density at radius 3 is 2.80 bits per heavy atom. The zero-order valence-electron chi connectivity index (χ0n) is 14.2. The Balaban J connectivity index is 2.44. The number of nitrogens with zero attached hydrogens (tertiary/aromatic N) is 3. The van der Waals surface area contributed by atoms with Crippen molar-refractivity contribution in [2.45, 2.75) is 25.7 Å². The first-order valence-corrected chi connectivity index (χ1v) is 7.83. The Bertz CT molecular complexity index is 850. The van der Waals surface area contributed by atoms with E-state index < -0.39 is 23.5 Å². The molecule has 0 aliphatic rings. The fourth-order valence-electron chi connectivity index (χ4n) is 2.34. The summed E-state index contributed by atoms with van der Waals surface area (Å²) in [6, 6.07) is 0. The van der Waals surface area contributed by atoms with Crippen molar-refractivity contribution in [1.29, 1.82) is 0 Å². The van der Waals surface area contributed by atoms with Gasteiger partial charge in [0.25, 0.3) is 5.56 Å². The molecule has 0 aromatic carbocycles. The Morgan fingerprint density at radius 1 is 1.44 bits per heavy atom. The lowest BCUT2D eigenvalue weighted by Crippen LogP contribution is -2.30. The van der Waals surface area contributed by atoms with Crippen molar-refractivity contribution in [3.8, 4) is 0 Å². The normalized spacial score (nSPS) is 13.8. The summed E-state index contributed by atoms with van der Waals surface area (Å²) in [7, 11) is 1.49. The van der Waals surface area contributed by atoms with Crippen LogP contribution >= 0.6 is 0 Å². The number of aromatic amines is 1. The second kappa shape index (κ2) is 8.10. The smallest absolute Gasteiger partial charge is 0.329 e. The van der Waals surface area contributed by atoms with Gasteiger partial charge in [-0.15, -0.1) is 6.58 Å². The molecule has 0 radical (unpaired) electrons. The molecule has 2 rings (SSSR count). The van der Waals surface area contributed by atoms with Crippen LogP contribution in [0, 0.1) is 0 Å². The highest BCUT2D eigenvalue weighted by molar-refractivity contribution is 5.74. The van der Waals surface area contributed by atoms with E-state index in [-0.39, 0.29) is 36.8 Å². The number of aliphatic hydroxyl groups excluding tert-OH is 2. The second-order valence-electron chi connectivity index (χ2n) is 5.75. The van der Waals surface area contributed by atoms with Crippen LogP contribution in [0.25, 0.3) is 11.2 Å². The topological polar surface area (TPSA) is 134 Å².